The lowest BCUT2D eigenvalue weighted by Gasteiger charge is -2.33. The van der Waals surface area contributed by atoms with E-state index in [9.17, 15) is 9.50 Å². The fraction of sp³-hybridized carbons (Fsp3) is 0.500. The molecule has 1 heterocycles. The van der Waals surface area contributed by atoms with Crippen LogP contribution in [0.1, 0.15) is 18.5 Å². The molecule has 3 nitrogen and oxygen atoms in total. The number of phenols is 1. The second-order valence-corrected chi connectivity index (χ2v) is 4.17. The third kappa shape index (κ3) is 3.99. The molecule has 1 aliphatic heterocycles. The average Bonchev–Trinajstić information content (AvgIpc) is 2.32. The molecule has 0 amide bonds. The van der Waals surface area contributed by atoms with E-state index in [1.54, 1.807) is 0 Å². The smallest absolute Gasteiger partial charge is 0.123 e. The minimum atomic E-state index is -0.296. The molecule has 0 unspecified atom stereocenters. The van der Waals surface area contributed by atoms with Crippen LogP contribution >= 0.6 is 24.8 Å². The van der Waals surface area contributed by atoms with Gasteiger partial charge in [0.15, 0.2) is 0 Å². The number of benzene rings is 1. The van der Waals surface area contributed by atoms with Crippen LogP contribution in [0.3, 0.4) is 0 Å². The zero-order chi connectivity index (χ0) is 11.5. The van der Waals surface area contributed by atoms with Gasteiger partial charge in [0.05, 0.1) is 0 Å². The molecule has 1 saturated heterocycles. The van der Waals surface area contributed by atoms with Crippen LogP contribution in [0.15, 0.2) is 18.2 Å². The highest BCUT2D eigenvalue weighted by Gasteiger charge is 2.20. The van der Waals surface area contributed by atoms with Crippen LogP contribution < -0.4 is 5.32 Å². The van der Waals surface area contributed by atoms with Gasteiger partial charge in [0, 0.05) is 37.8 Å². The fourth-order valence-corrected chi connectivity index (χ4v) is 2.13. The van der Waals surface area contributed by atoms with Gasteiger partial charge >= 0.3 is 0 Å². The Morgan fingerprint density at radius 2 is 1.89 bits per heavy atom. The Labute approximate surface area is 119 Å². The summed E-state index contributed by atoms with van der Waals surface area (Å²) in [7, 11) is 0. The number of rotatable bonds is 2. The number of phenolic OH excluding ortho intramolecular Hbond substituents is 1. The zero-order valence-electron chi connectivity index (χ0n) is 10.2. The fourth-order valence-electron chi connectivity index (χ4n) is 2.13. The summed E-state index contributed by atoms with van der Waals surface area (Å²) in [5.74, 6) is -0.123. The molecule has 0 saturated carbocycles. The average molecular weight is 297 g/mol. The van der Waals surface area contributed by atoms with Crippen LogP contribution in [0.5, 0.6) is 5.75 Å². The van der Waals surface area contributed by atoms with Gasteiger partial charge in [-0.3, -0.25) is 4.90 Å². The zero-order valence-corrected chi connectivity index (χ0v) is 11.9. The van der Waals surface area contributed by atoms with Crippen molar-refractivity contribution in [2.45, 2.75) is 13.0 Å². The van der Waals surface area contributed by atoms with Gasteiger partial charge < -0.3 is 10.4 Å². The summed E-state index contributed by atoms with van der Waals surface area (Å²) in [6.45, 7) is 5.74. The van der Waals surface area contributed by atoms with Gasteiger partial charge in [0.2, 0.25) is 0 Å². The van der Waals surface area contributed by atoms with Gasteiger partial charge in [-0.1, -0.05) is 0 Å². The van der Waals surface area contributed by atoms with Gasteiger partial charge in [-0.25, -0.2) is 4.39 Å². The van der Waals surface area contributed by atoms with Crippen molar-refractivity contribution in [2.75, 3.05) is 26.2 Å². The standard InChI is InChI=1S/C12H17FN2O.2ClH/c1-9(15-6-4-14-5-7-15)11-8-10(13)2-3-12(11)16;;/h2-3,8-9,14,16H,4-7H2,1H3;2*1H/t9-;;/m1../s1. The molecule has 2 rings (SSSR count). The van der Waals surface area contributed by atoms with Crippen LogP contribution in [-0.4, -0.2) is 36.2 Å². The topological polar surface area (TPSA) is 35.5 Å². The Morgan fingerprint density at radius 1 is 1.28 bits per heavy atom. The molecule has 104 valence electrons. The molecular weight excluding hydrogens is 278 g/mol. The highest BCUT2D eigenvalue weighted by Crippen LogP contribution is 2.28. The van der Waals surface area contributed by atoms with Crippen LogP contribution in [-0.2, 0) is 0 Å². The first-order valence-corrected chi connectivity index (χ1v) is 5.61. The van der Waals surface area contributed by atoms with E-state index < -0.39 is 0 Å². The molecule has 0 radical (unpaired) electrons. The summed E-state index contributed by atoms with van der Waals surface area (Å²) >= 11 is 0. The number of nitrogens with one attached hydrogen (secondary N) is 1. The van der Waals surface area contributed by atoms with Crippen molar-refractivity contribution in [3.05, 3.63) is 29.6 Å². The molecule has 0 spiro atoms. The number of hydrogen-bond donors (Lipinski definition) is 2. The molecule has 1 aliphatic rings. The highest BCUT2D eigenvalue weighted by atomic mass is 35.5. The van der Waals surface area contributed by atoms with Crippen molar-refractivity contribution in [1.82, 2.24) is 10.2 Å². The molecule has 0 bridgehead atoms. The molecular formula is C12H19Cl2FN2O. The summed E-state index contributed by atoms with van der Waals surface area (Å²) in [5.41, 5.74) is 0.668. The maximum absolute atomic E-state index is 13.1. The van der Waals surface area contributed by atoms with E-state index in [1.165, 1.54) is 18.2 Å². The lowest BCUT2D eigenvalue weighted by atomic mass is 10.0. The molecule has 1 aromatic carbocycles. The third-order valence-corrected chi connectivity index (χ3v) is 3.14. The van der Waals surface area contributed by atoms with Crippen molar-refractivity contribution in [2.24, 2.45) is 0 Å². The quantitative estimate of drug-likeness (QED) is 0.879. The van der Waals surface area contributed by atoms with Crippen molar-refractivity contribution in [3.8, 4) is 5.75 Å². The second-order valence-electron chi connectivity index (χ2n) is 4.17. The van der Waals surface area contributed by atoms with Crippen LogP contribution in [0, 0.1) is 5.82 Å². The molecule has 0 aromatic heterocycles. The molecule has 0 aliphatic carbocycles. The van der Waals surface area contributed by atoms with E-state index in [1.807, 2.05) is 6.92 Å². The van der Waals surface area contributed by atoms with Crippen molar-refractivity contribution in [1.29, 1.82) is 0 Å². The Hall–Kier alpha value is -0.550. The number of hydrogen-bond acceptors (Lipinski definition) is 3. The first kappa shape index (κ1) is 17.4. The first-order chi connectivity index (χ1) is 7.68. The van der Waals surface area contributed by atoms with Crippen molar-refractivity contribution >= 4 is 24.8 Å². The van der Waals surface area contributed by atoms with E-state index in [0.717, 1.165) is 26.2 Å². The summed E-state index contributed by atoms with van der Waals surface area (Å²) < 4.78 is 13.1. The van der Waals surface area contributed by atoms with E-state index >= 15 is 0 Å². The number of nitrogens with zero attached hydrogens (tertiary/aromatic N) is 1. The monoisotopic (exact) mass is 296 g/mol. The summed E-state index contributed by atoms with van der Waals surface area (Å²) in [4.78, 5) is 2.24. The van der Waals surface area contributed by atoms with Gasteiger partial charge in [-0.15, -0.1) is 24.8 Å². The molecule has 1 aromatic rings. The van der Waals surface area contributed by atoms with E-state index in [2.05, 4.69) is 10.2 Å². The predicted molar refractivity (Wildman–Crippen MR) is 75.4 cm³/mol. The largest absolute Gasteiger partial charge is 0.508 e. The Balaban J connectivity index is 0.00000144. The Kier molecular flexibility index (Phi) is 7.55. The summed E-state index contributed by atoms with van der Waals surface area (Å²) in [6, 6.07) is 4.17. The Morgan fingerprint density at radius 3 is 2.50 bits per heavy atom. The van der Waals surface area contributed by atoms with E-state index in [4.69, 9.17) is 0 Å². The van der Waals surface area contributed by atoms with Gasteiger partial charge in [-0.2, -0.15) is 0 Å². The van der Waals surface area contributed by atoms with Gasteiger partial charge in [0.1, 0.15) is 11.6 Å². The molecule has 1 atom stereocenters. The van der Waals surface area contributed by atoms with Crippen molar-refractivity contribution in [3.63, 3.8) is 0 Å². The number of aromatic hydroxyl groups is 1. The lowest BCUT2D eigenvalue weighted by Crippen LogP contribution is -2.44. The van der Waals surface area contributed by atoms with Gasteiger partial charge in [-0.05, 0) is 25.1 Å². The number of piperazine rings is 1. The van der Waals surface area contributed by atoms with Gasteiger partial charge in [0.25, 0.3) is 0 Å². The van der Waals surface area contributed by atoms with Crippen LogP contribution in [0.2, 0.25) is 0 Å². The molecule has 18 heavy (non-hydrogen) atoms. The minimum absolute atomic E-state index is 0. The van der Waals surface area contributed by atoms with E-state index in [-0.39, 0.29) is 42.4 Å². The van der Waals surface area contributed by atoms with E-state index in [0.29, 0.717) is 5.56 Å². The predicted octanol–water partition coefficient (Wildman–Crippen LogP) is 2.34. The van der Waals surface area contributed by atoms with Crippen LogP contribution in [0.25, 0.3) is 0 Å². The van der Waals surface area contributed by atoms with Crippen LogP contribution in [0.4, 0.5) is 4.39 Å². The highest BCUT2D eigenvalue weighted by molar-refractivity contribution is 5.85. The SMILES string of the molecule is C[C@H](c1cc(F)ccc1O)N1CCNCC1.Cl.Cl. The normalized spacial score (nSPS) is 17.4. The molecule has 1 fully saturated rings. The molecule has 2 N–H and O–H groups in total. The second kappa shape index (κ2) is 7.79. The summed E-state index contributed by atoms with van der Waals surface area (Å²) in [6.07, 6.45) is 0. The Bertz CT molecular complexity index is 373. The maximum Gasteiger partial charge on any atom is 0.123 e. The van der Waals surface area contributed by atoms with Crippen molar-refractivity contribution < 1.29 is 9.50 Å². The summed E-state index contributed by atoms with van der Waals surface area (Å²) in [5, 5.41) is 13.0. The lowest BCUT2D eigenvalue weighted by molar-refractivity contribution is 0.182. The number of halogens is 3. The maximum atomic E-state index is 13.1. The minimum Gasteiger partial charge on any atom is -0.508 e. The third-order valence-electron chi connectivity index (χ3n) is 3.14. The first-order valence-electron chi connectivity index (χ1n) is 5.61. The molecule has 6 heteroatoms.